The van der Waals surface area contributed by atoms with Crippen molar-refractivity contribution in [2.24, 2.45) is 0 Å². The summed E-state index contributed by atoms with van der Waals surface area (Å²) in [6.07, 6.45) is 1.86. The molecule has 7 heterocycles. The average Bonchev–Trinajstić information content (AvgIpc) is 3.91. The maximum atomic E-state index is 12.0. The van der Waals surface area contributed by atoms with Crippen LogP contribution in [0, 0.1) is 6.07 Å². The van der Waals surface area contributed by atoms with Gasteiger partial charge in [-0.25, -0.2) is 9.97 Å². The van der Waals surface area contributed by atoms with E-state index in [0.717, 1.165) is 88.5 Å². The maximum absolute atomic E-state index is 12.0. The standard InChI is InChI=1S/C46H33N6O.Pt/c1-45(2)32-17-11-21-36-38(32)52-41(46(45,3)4)44(48-43(52)39-40(53)31-15-7-10-20-35(31)50(36)39)51-34-19-9-5-13-27(34)29-23-22-26(25-37(29)51)49-33-18-8-6-14-28(33)30-16-12-24-47-42(30)49;/h5-24,53H,1-4H3;/q-1;. The zero-order chi connectivity index (χ0) is 35.5. The van der Waals surface area contributed by atoms with Crippen LogP contribution < -0.4 is 0 Å². The quantitative estimate of drug-likeness (QED) is 0.176. The van der Waals surface area contributed by atoms with E-state index in [0.29, 0.717) is 5.52 Å². The van der Waals surface area contributed by atoms with Crippen molar-refractivity contribution in [3.05, 3.63) is 139 Å². The number of rotatable bonds is 2. The Hall–Kier alpha value is -5.91. The van der Waals surface area contributed by atoms with E-state index in [-0.39, 0.29) is 37.6 Å². The van der Waals surface area contributed by atoms with E-state index in [2.05, 4.69) is 143 Å². The summed E-state index contributed by atoms with van der Waals surface area (Å²) in [5.74, 6) is 1.09. The number of aromatic hydroxyl groups is 1. The third kappa shape index (κ3) is 3.57. The second kappa shape index (κ2) is 10.4. The van der Waals surface area contributed by atoms with Crippen LogP contribution >= 0.6 is 0 Å². The number of fused-ring (bicyclic) bond motifs is 11. The monoisotopic (exact) mass is 880 g/mol. The second-order valence-electron chi connectivity index (χ2n) is 15.6. The van der Waals surface area contributed by atoms with E-state index in [9.17, 15) is 5.11 Å². The first kappa shape index (κ1) is 31.6. The predicted molar refractivity (Wildman–Crippen MR) is 214 cm³/mol. The number of pyridine rings is 1. The van der Waals surface area contributed by atoms with Crippen LogP contribution in [-0.2, 0) is 31.9 Å². The molecule has 11 aromatic rings. The van der Waals surface area contributed by atoms with Gasteiger partial charge in [0, 0.05) is 59.8 Å². The number of para-hydroxylation sites is 4. The van der Waals surface area contributed by atoms with Crippen LogP contribution in [0.4, 0.5) is 0 Å². The summed E-state index contributed by atoms with van der Waals surface area (Å²) in [7, 11) is 0. The number of hydrogen-bond donors (Lipinski definition) is 1. The van der Waals surface area contributed by atoms with Gasteiger partial charge in [-0.2, -0.15) is 6.07 Å². The molecule has 54 heavy (non-hydrogen) atoms. The molecule has 0 spiro atoms. The molecule has 12 rings (SSSR count). The predicted octanol–water partition coefficient (Wildman–Crippen LogP) is 10.6. The summed E-state index contributed by atoms with van der Waals surface area (Å²) >= 11 is 0. The molecule has 1 aliphatic heterocycles. The Morgan fingerprint density at radius 3 is 1.98 bits per heavy atom. The fraction of sp³-hybridized carbons (Fsp3) is 0.130. The third-order valence-electron chi connectivity index (χ3n) is 12.7. The fourth-order valence-electron chi connectivity index (χ4n) is 9.54. The summed E-state index contributed by atoms with van der Waals surface area (Å²) in [5.41, 5.74) is 11.2. The summed E-state index contributed by atoms with van der Waals surface area (Å²) in [5, 5.41) is 17.3. The van der Waals surface area contributed by atoms with Crippen molar-refractivity contribution in [3.63, 3.8) is 0 Å². The van der Waals surface area contributed by atoms with E-state index in [1.807, 2.05) is 30.5 Å². The van der Waals surface area contributed by atoms with E-state index in [1.54, 1.807) is 0 Å². The van der Waals surface area contributed by atoms with Gasteiger partial charge in [0.1, 0.15) is 11.2 Å². The first-order valence-electron chi connectivity index (χ1n) is 18.2. The van der Waals surface area contributed by atoms with E-state index < -0.39 is 0 Å². The fourth-order valence-corrected chi connectivity index (χ4v) is 9.54. The summed E-state index contributed by atoms with van der Waals surface area (Å²) < 4.78 is 9.09. The minimum absolute atomic E-state index is 0. The minimum Gasteiger partial charge on any atom is -0.505 e. The third-order valence-corrected chi connectivity index (χ3v) is 12.7. The van der Waals surface area contributed by atoms with E-state index in [1.165, 1.54) is 5.56 Å². The van der Waals surface area contributed by atoms with E-state index >= 15 is 0 Å². The van der Waals surface area contributed by atoms with Crippen LogP contribution in [-0.4, -0.2) is 33.0 Å². The molecule has 0 unspecified atom stereocenters. The van der Waals surface area contributed by atoms with Gasteiger partial charge in [-0.1, -0.05) is 99.6 Å². The van der Waals surface area contributed by atoms with Gasteiger partial charge in [0.2, 0.25) is 0 Å². The molecule has 1 N–H and O–H groups in total. The zero-order valence-electron chi connectivity index (χ0n) is 30.0. The molecule has 0 amide bonds. The molecule has 5 aromatic carbocycles. The molecular formula is C46H33N6OPt-. The van der Waals surface area contributed by atoms with Crippen molar-refractivity contribution >= 4 is 76.8 Å². The van der Waals surface area contributed by atoms with Crippen molar-refractivity contribution in [2.45, 2.75) is 38.5 Å². The van der Waals surface area contributed by atoms with Crippen LogP contribution in [0.2, 0.25) is 0 Å². The molecule has 0 radical (unpaired) electrons. The first-order chi connectivity index (χ1) is 25.8. The van der Waals surface area contributed by atoms with Crippen molar-refractivity contribution in [2.75, 3.05) is 0 Å². The van der Waals surface area contributed by atoms with Crippen LogP contribution in [0.15, 0.2) is 121 Å². The molecule has 0 bridgehead atoms. The summed E-state index contributed by atoms with van der Waals surface area (Å²) in [6.45, 7) is 9.39. The molecule has 6 aromatic heterocycles. The summed E-state index contributed by atoms with van der Waals surface area (Å²) in [6, 6.07) is 44.2. The van der Waals surface area contributed by atoms with Crippen LogP contribution in [0.3, 0.4) is 0 Å². The molecule has 1 aliphatic rings. The smallest absolute Gasteiger partial charge is 0.168 e. The molecule has 7 nitrogen and oxygen atoms in total. The first-order valence-corrected chi connectivity index (χ1v) is 18.2. The van der Waals surface area contributed by atoms with Crippen molar-refractivity contribution in [1.29, 1.82) is 0 Å². The minimum atomic E-state index is -0.380. The number of nitrogens with zero attached hydrogens (tertiary/aromatic N) is 6. The van der Waals surface area contributed by atoms with Crippen molar-refractivity contribution < 1.29 is 26.2 Å². The molecule has 264 valence electrons. The Balaban J connectivity index is 0.00000341. The number of imidazole rings is 1. The maximum Gasteiger partial charge on any atom is 0.168 e. The van der Waals surface area contributed by atoms with Crippen LogP contribution in [0.5, 0.6) is 5.75 Å². The molecule has 0 fully saturated rings. The van der Waals surface area contributed by atoms with Gasteiger partial charge in [0.25, 0.3) is 0 Å². The molecule has 0 aliphatic carbocycles. The topological polar surface area (TPSA) is 64.7 Å². The van der Waals surface area contributed by atoms with Gasteiger partial charge < -0.3 is 18.6 Å². The van der Waals surface area contributed by atoms with Gasteiger partial charge in [-0.3, -0.25) is 4.40 Å². The van der Waals surface area contributed by atoms with Gasteiger partial charge in [-0.15, -0.1) is 17.5 Å². The average molecular weight is 881 g/mol. The Morgan fingerprint density at radius 1 is 0.556 bits per heavy atom. The number of hydrogen-bond acceptors (Lipinski definition) is 3. The van der Waals surface area contributed by atoms with Gasteiger partial charge in [0.15, 0.2) is 17.2 Å². The summed E-state index contributed by atoms with van der Waals surface area (Å²) in [4.78, 5) is 10.5. The number of aromatic nitrogens is 6. The SMILES string of the molecule is CC1(C)c2cccc3c2n2c(c(-n4c5[c-]c(-n6c7ccccc7c7cccnc76)ccc5c5ccccc54)nc2c2c(O)c4ccccc4n32)C1(C)C.[Pt]. The normalized spacial score (nSPS) is 14.9. The Labute approximate surface area is 324 Å². The van der Waals surface area contributed by atoms with Gasteiger partial charge in [-0.05, 0) is 53.4 Å². The Bertz CT molecular complexity index is 3380. The van der Waals surface area contributed by atoms with Crippen molar-refractivity contribution in [1.82, 2.24) is 27.9 Å². The van der Waals surface area contributed by atoms with Gasteiger partial charge >= 0.3 is 0 Å². The second-order valence-corrected chi connectivity index (χ2v) is 15.6. The van der Waals surface area contributed by atoms with Gasteiger partial charge in [0.05, 0.1) is 27.8 Å². The molecule has 8 heteroatoms. The van der Waals surface area contributed by atoms with Crippen molar-refractivity contribution in [3.8, 4) is 17.3 Å². The van der Waals surface area contributed by atoms with E-state index in [4.69, 9.17) is 9.97 Å². The Kier molecular flexibility index (Phi) is 6.08. The Morgan fingerprint density at radius 2 is 1.20 bits per heavy atom. The largest absolute Gasteiger partial charge is 0.505 e. The number of benzene rings is 5. The van der Waals surface area contributed by atoms with Crippen LogP contribution in [0.1, 0.15) is 39.0 Å². The molecule has 0 saturated heterocycles. The molecule has 0 saturated carbocycles. The molecule has 0 atom stereocenters. The molecular weight excluding hydrogens is 848 g/mol. The zero-order valence-corrected chi connectivity index (χ0v) is 32.3. The van der Waals surface area contributed by atoms with Crippen LogP contribution in [0.25, 0.3) is 88.3 Å².